The molecule has 1 N–H and O–H groups in total. The topological polar surface area (TPSA) is 32.3 Å². The second-order valence-corrected chi connectivity index (χ2v) is 5.96. The summed E-state index contributed by atoms with van der Waals surface area (Å²) in [7, 11) is 1.87. The van der Waals surface area contributed by atoms with Crippen LogP contribution in [0.3, 0.4) is 0 Å². The number of nitrogens with one attached hydrogen (secondary N) is 1. The highest BCUT2D eigenvalue weighted by molar-refractivity contribution is 6.07. The summed E-state index contributed by atoms with van der Waals surface area (Å²) in [6.07, 6.45) is 1.20. The molecule has 2 aliphatic rings. The molecule has 1 atom stereocenters. The number of amides is 1. The maximum Gasteiger partial charge on any atom is 0.236 e. The van der Waals surface area contributed by atoms with E-state index < -0.39 is 0 Å². The Morgan fingerprint density at radius 1 is 1.39 bits per heavy atom. The maximum absolute atomic E-state index is 12.2. The van der Waals surface area contributed by atoms with E-state index in [0.29, 0.717) is 5.92 Å². The minimum Gasteiger partial charge on any atom is -0.316 e. The number of carbonyl (C=O) groups is 1. The molecule has 3 rings (SSSR count). The second-order valence-electron chi connectivity index (χ2n) is 5.96. The SMILES string of the molecule is CN1C(=O)C(C)(C)c2cc(C3CCNC3)ccc21. The van der Waals surface area contributed by atoms with Crippen molar-refractivity contribution in [2.75, 3.05) is 25.0 Å². The molecule has 0 saturated carbocycles. The molecule has 3 nitrogen and oxygen atoms in total. The fraction of sp³-hybridized carbons (Fsp3) is 0.533. The number of hydrogen-bond donors (Lipinski definition) is 1. The monoisotopic (exact) mass is 244 g/mol. The van der Waals surface area contributed by atoms with Gasteiger partial charge in [-0.25, -0.2) is 0 Å². The lowest BCUT2D eigenvalue weighted by molar-refractivity contribution is -0.121. The van der Waals surface area contributed by atoms with E-state index in [-0.39, 0.29) is 11.3 Å². The van der Waals surface area contributed by atoms with Crippen molar-refractivity contribution >= 4 is 11.6 Å². The molecule has 1 unspecified atom stereocenters. The summed E-state index contributed by atoms with van der Waals surface area (Å²) in [6.45, 7) is 6.20. The van der Waals surface area contributed by atoms with E-state index in [2.05, 4.69) is 23.5 Å². The predicted molar refractivity (Wildman–Crippen MR) is 73.1 cm³/mol. The van der Waals surface area contributed by atoms with Crippen molar-refractivity contribution in [3.8, 4) is 0 Å². The molecule has 3 heteroatoms. The molecule has 0 spiro atoms. The van der Waals surface area contributed by atoms with Crippen LogP contribution in [0.15, 0.2) is 18.2 Å². The molecule has 1 fully saturated rings. The fourth-order valence-corrected chi connectivity index (χ4v) is 3.18. The van der Waals surface area contributed by atoms with Crippen LogP contribution in [0.2, 0.25) is 0 Å². The third-order valence-electron chi connectivity index (χ3n) is 4.43. The van der Waals surface area contributed by atoms with E-state index in [1.807, 2.05) is 20.9 Å². The molecule has 2 aliphatic heterocycles. The average molecular weight is 244 g/mol. The van der Waals surface area contributed by atoms with E-state index in [0.717, 1.165) is 18.8 Å². The molecule has 1 saturated heterocycles. The van der Waals surface area contributed by atoms with Crippen molar-refractivity contribution in [1.29, 1.82) is 0 Å². The molecule has 2 heterocycles. The van der Waals surface area contributed by atoms with E-state index in [9.17, 15) is 4.79 Å². The number of nitrogens with zero attached hydrogens (tertiary/aromatic N) is 1. The second kappa shape index (κ2) is 3.82. The summed E-state index contributed by atoms with van der Waals surface area (Å²) in [4.78, 5) is 14.0. The Hall–Kier alpha value is -1.35. The van der Waals surface area contributed by atoms with Gasteiger partial charge in [-0.3, -0.25) is 4.79 Å². The van der Waals surface area contributed by atoms with E-state index in [4.69, 9.17) is 0 Å². The lowest BCUT2D eigenvalue weighted by atomic mass is 9.84. The van der Waals surface area contributed by atoms with Crippen LogP contribution in [-0.2, 0) is 10.2 Å². The number of anilines is 1. The molecule has 1 aromatic rings. The van der Waals surface area contributed by atoms with Gasteiger partial charge in [0, 0.05) is 19.3 Å². The number of benzene rings is 1. The van der Waals surface area contributed by atoms with Gasteiger partial charge in [-0.1, -0.05) is 12.1 Å². The number of likely N-dealkylation sites (N-methyl/N-ethyl adjacent to an activating group) is 1. The summed E-state index contributed by atoms with van der Waals surface area (Å²) in [5.74, 6) is 0.798. The maximum atomic E-state index is 12.2. The minimum atomic E-state index is -0.383. The summed E-state index contributed by atoms with van der Waals surface area (Å²) in [5.41, 5.74) is 3.24. The van der Waals surface area contributed by atoms with Crippen molar-refractivity contribution in [2.45, 2.75) is 31.6 Å². The summed E-state index contributed by atoms with van der Waals surface area (Å²) >= 11 is 0. The van der Waals surface area contributed by atoms with E-state index in [1.54, 1.807) is 4.90 Å². The van der Waals surface area contributed by atoms with Crippen LogP contribution >= 0.6 is 0 Å². The van der Waals surface area contributed by atoms with Gasteiger partial charge in [0.25, 0.3) is 0 Å². The standard InChI is InChI=1S/C15H20N2O/c1-15(2)12-8-10(11-6-7-16-9-11)4-5-13(12)17(3)14(15)18/h4-5,8,11,16H,6-7,9H2,1-3H3. The van der Waals surface area contributed by atoms with Crippen LogP contribution in [-0.4, -0.2) is 26.0 Å². The summed E-state index contributed by atoms with van der Waals surface area (Å²) in [6, 6.07) is 6.53. The number of rotatable bonds is 1. The highest BCUT2D eigenvalue weighted by atomic mass is 16.2. The molecular weight excluding hydrogens is 224 g/mol. The Balaban J connectivity index is 2.06. The van der Waals surface area contributed by atoms with Gasteiger partial charge in [0.05, 0.1) is 5.41 Å². The van der Waals surface area contributed by atoms with Gasteiger partial charge in [0.15, 0.2) is 0 Å². The Bertz CT molecular complexity index is 501. The summed E-state index contributed by atoms with van der Waals surface area (Å²) < 4.78 is 0. The molecule has 18 heavy (non-hydrogen) atoms. The van der Waals surface area contributed by atoms with E-state index >= 15 is 0 Å². The lowest BCUT2D eigenvalue weighted by Crippen LogP contribution is -2.33. The largest absolute Gasteiger partial charge is 0.316 e. The third-order valence-corrected chi connectivity index (χ3v) is 4.43. The van der Waals surface area contributed by atoms with Gasteiger partial charge in [-0.15, -0.1) is 0 Å². The first kappa shape index (κ1) is 11.7. The van der Waals surface area contributed by atoms with Crippen LogP contribution in [0.25, 0.3) is 0 Å². The fourth-order valence-electron chi connectivity index (χ4n) is 3.18. The Labute approximate surface area is 108 Å². The van der Waals surface area contributed by atoms with Crippen molar-refractivity contribution in [3.05, 3.63) is 29.3 Å². The van der Waals surface area contributed by atoms with Crippen LogP contribution in [0.4, 0.5) is 5.69 Å². The summed E-state index contributed by atoms with van der Waals surface area (Å²) in [5, 5.41) is 3.40. The number of carbonyl (C=O) groups excluding carboxylic acids is 1. The first-order chi connectivity index (χ1) is 8.51. The van der Waals surface area contributed by atoms with Crippen molar-refractivity contribution in [1.82, 2.24) is 5.32 Å². The van der Waals surface area contributed by atoms with Gasteiger partial charge in [0.2, 0.25) is 5.91 Å². The molecule has 0 bridgehead atoms. The highest BCUT2D eigenvalue weighted by Crippen LogP contribution is 2.42. The number of hydrogen-bond acceptors (Lipinski definition) is 2. The molecule has 0 aliphatic carbocycles. The predicted octanol–water partition coefficient (Wildman–Crippen LogP) is 2.02. The molecule has 0 radical (unpaired) electrons. The lowest BCUT2D eigenvalue weighted by Gasteiger charge is -2.17. The van der Waals surface area contributed by atoms with Gasteiger partial charge in [-0.05, 0) is 49.9 Å². The molecule has 0 aromatic heterocycles. The zero-order valence-corrected chi connectivity index (χ0v) is 11.3. The molecule has 1 amide bonds. The van der Waals surface area contributed by atoms with Gasteiger partial charge >= 0.3 is 0 Å². The minimum absolute atomic E-state index is 0.194. The molecular formula is C15H20N2O. The average Bonchev–Trinajstić information content (AvgIpc) is 2.94. The zero-order chi connectivity index (χ0) is 12.9. The molecule has 1 aromatic carbocycles. The zero-order valence-electron chi connectivity index (χ0n) is 11.3. The first-order valence-electron chi connectivity index (χ1n) is 6.65. The third kappa shape index (κ3) is 1.50. The van der Waals surface area contributed by atoms with Crippen molar-refractivity contribution < 1.29 is 4.79 Å². The molecule has 96 valence electrons. The van der Waals surface area contributed by atoms with Crippen LogP contribution < -0.4 is 10.2 Å². The normalized spacial score (nSPS) is 25.6. The Morgan fingerprint density at radius 2 is 2.17 bits per heavy atom. The quantitative estimate of drug-likeness (QED) is 0.819. The van der Waals surface area contributed by atoms with Gasteiger partial charge < -0.3 is 10.2 Å². The smallest absolute Gasteiger partial charge is 0.236 e. The van der Waals surface area contributed by atoms with Crippen LogP contribution in [0.5, 0.6) is 0 Å². The van der Waals surface area contributed by atoms with Crippen LogP contribution in [0.1, 0.15) is 37.3 Å². The van der Waals surface area contributed by atoms with Crippen LogP contribution in [0, 0.1) is 0 Å². The van der Waals surface area contributed by atoms with Crippen molar-refractivity contribution in [2.24, 2.45) is 0 Å². The number of fused-ring (bicyclic) bond motifs is 1. The Kier molecular flexibility index (Phi) is 2.49. The van der Waals surface area contributed by atoms with Gasteiger partial charge in [-0.2, -0.15) is 0 Å². The highest BCUT2D eigenvalue weighted by Gasteiger charge is 2.42. The first-order valence-corrected chi connectivity index (χ1v) is 6.65. The van der Waals surface area contributed by atoms with Crippen molar-refractivity contribution in [3.63, 3.8) is 0 Å². The van der Waals surface area contributed by atoms with Gasteiger partial charge in [0.1, 0.15) is 0 Å². The Morgan fingerprint density at radius 3 is 2.83 bits per heavy atom. The van der Waals surface area contributed by atoms with E-state index in [1.165, 1.54) is 17.5 Å².